The van der Waals surface area contributed by atoms with E-state index in [4.69, 9.17) is 0 Å². The van der Waals surface area contributed by atoms with Gasteiger partial charge in [-0.25, -0.2) is 15.4 Å². The van der Waals surface area contributed by atoms with Gasteiger partial charge in [-0.1, -0.05) is 37.2 Å². The summed E-state index contributed by atoms with van der Waals surface area (Å²) < 4.78 is 0. The van der Waals surface area contributed by atoms with Gasteiger partial charge in [0.2, 0.25) is 0 Å². The Morgan fingerprint density at radius 3 is 2.56 bits per heavy atom. The minimum absolute atomic E-state index is 0.155. The standard InChI is InChI=1S/C21H26N4OS/c1-14-6-4-5-7-19(14)24-25-20(26)18-10-8-17(9-11-18)13-27-21-22-15(2)12-16(3)23-21/h8-12,14H,4-7,13H2,1-3H3,(H,25,26)/b24-19-/t14-/m1/s1. The van der Waals surface area contributed by atoms with Gasteiger partial charge in [-0.2, -0.15) is 5.10 Å². The van der Waals surface area contributed by atoms with Crippen molar-refractivity contribution in [2.45, 2.75) is 57.4 Å². The third-order valence-corrected chi connectivity index (χ3v) is 5.65. The van der Waals surface area contributed by atoms with Gasteiger partial charge in [0.25, 0.3) is 5.91 Å². The number of nitrogens with zero attached hydrogens (tertiary/aromatic N) is 3. The lowest BCUT2D eigenvalue weighted by Gasteiger charge is -2.19. The highest BCUT2D eigenvalue weighted by molar-refractivity contribution is 7.98. The van der Waals surface area contributed by atoms with Crippen molar-refractivity contribution in [2.75, 3.05) is 0 Å². The number of thioether (sulfide) groups is 1. The molecule has 142 valence electrons. The number of benzene rings is 1. The summed E-state index contributed by atoms with van der Waals surface area (Å²) in [6.45, 7) is 6.13. The molecule has 1 aromatic heterocycles. The van der Waals surface area contributed by atoms with Crippen LogP contribution in [-0.4, -0.2) is 21.6 Å². The Bertz CT molecular complexity index is 812. The van der Waals surface area contributed by atoms with Crippen molar-refractivity contribution in [1.29, 1.82) is 0 Å². The first-order chi connectivity index (χ1) is 13.0. The SMILES string of the molecule is Cc1cc(C)nc(SCc2ccc(C(=O)N/N=C3/CCCC[C@H]3C)cc2)n1. The smallest absolute Gasteiger partial charge is 0.267 e. The van der Waals surface area contributed by atoms with Crippen LogP contribution in [0, 0.1) is 19.8 Å². The van der Waals surface area contributed by atoms with Crippen LogP contribution in [0.4, 0.5) is 0 Å². The molecule has 0 aliphatic heterocycles. The molecule has 0 spiro atoms. The minimum Gasteiger partial charge on any atom is -0.267 e. The van der Waals surface area contributed by atoms with Crippen molar-refractivity contribution < 1.29 is 4.79 Å². The largest absolute Gasteiger partial charge is 0.271 e. The first kappa shape index (κ1) is 19.5. The minimum atomic E-state index is -0.155. The number of amides is 1. The third-order valence-electron chi connectivity index (χ3n) is 4.74. The van der Waals surface area contributed by atoms with Gasteiger partial charge in [0.1, 0.15) is 0 Å². The second-order valence-electron chi connectivity index (χ2n) is 7.11. The molecule has 1 heterocycles. The van der Waals surface area contributed by atoms with Crippen LogP contribution in [0.5, 0.6) is 0 Å². The molecule has 1 amide bonds. The van der Waals surface area contributed by atoms with Gasteiger partial charge in [-0.05, 0) is 62.8 Å². The highest BCUT2D eigenvalue weighted by Gasteiger charge is 2.16. The van der Waals surface area contributed by atoms with Crippen LogP contribution in [0.15, 0.2) is 40.6 Å². The number of carbonyl (C=O) groups excluding carboxylic acids is 1. The van der Waals surface area contributed by atoms with E-state index in [1.54, 1.807) is 11.8 Å². The molecule has 3 rings (SSSR count). The molecule has 1 atom stereocenters. The number of aryl methyl sites for hydroxylation is 2. The number of carbonyl (C=O) groups is 1. The Hall–Kier alpha value is -2.21. The molecular weight excluding hydrogens is 356 g/mol. The molecule has 1 saturated carbocycles. The van der Waals surface area contributed by atoms with Gasteiger partial charge in [0.15, 0.2) is 5.16 Å². The lowest BCUT2D eigenvalue weighted by atomic mass is 9.89. The first-order valence-corrected chi connectivity index (χ1v) is 10.4. The Balaban J connectivity index is 1.56. The number of aromatic nitrogens is 2. The molecule has 0 radical (unpaired) electrons. The molecule has 1 aromatic carbocycles. The predicted molar refractivity (Wildman–Crippen MR) is 110 cm³/mol. The molecule has 1 N–H and O–H groups in total. The molecule has 27 heavy (non-hydrogen) atoms. The molecular formula is C21H26N4OS. The maximum Gasteiger partial charge on any atom is 0.271 e. The van der Waals surface area contributed by atoms with E-state index in [1.165, 1.54) is 6.42 Å². The predicted octanol–water partition coefficient (Wildman–Crippen LogP) is 4.68. The summed E-state index contributed by atoms with van der Waals surface area (Å²) in [5.41, 5.74) is 7.53. The number of hydrazone groups is 1. The van der Waals surface area contributed by atoms with Crippen molar-refractivity contribution in [3.8, 4) is 0 Å². The average Bonchev–Trinajstić information content (AvgIpc) is 2.65. The van der Waals surface area contributed by atoms with Crippen molar-refractivity contribution in [3.05, 3.63) is 52.8 Å². The fourth-order valence-electron chi connectivity index (χ4n) is 3.18. The maximum atomic E-state index is 12.3. The Labute approximate surface area is 165 Å². The normalized spacial score (nSPS) is 18.5. The summed E-state index contributed by atoms with van der Waals surface area (Å²) in [5.74, 6) is 1.08. The van der Waals surface area contributed by atoms with E-state index in [0.29, 0.717) is 11.5 Å². The molecule has 0 unspecified atom stereocenters. The summed E-state index contributed by atoms with van der Waals surface area (Å²) in [7, 11) is 0. The zero-order valence-electron chi connectivity index (χ0n) is 16.2. The van der Waals surface area contributed by atoms with Gasteiger partial charge in [0, 0.05) is 28.4 Å². The van der Waals surface area contributed by atoms with E-state index < -0.39 is 0 Å². The zero-order chi connectivity index (χ0) is 19.2. The van der Waals surface area contributed by atoms with E-state index in [0.717, 1.165) is 52.8 Å². The quantitative estimate of drug-likeness (QED) is 0.463. The summed E-state index contributed by atoms with van der Waals surface area (Å²) in [6.07, 6.45) is 4.56. The van der Waals surface area contributed by atoms with Crippen LogP contribution in [0.25, 0.3) is 0 Å². The van der Waals surface area contributed by atoms with Crippen LogP contribution in [-0.2, 0) is 5.75 Å². The van der Waals surface area contributed by atoms with Crippen LogP contribution >= 0.6 is 11.8 Å². The van der Waals surface area contributed by atoms with Crippen LogP contribution in [0.2, 0.25) is 0 Å². The third kappa shape index (κ3) is 5.63. The molecule has 2 aromatic rings. The summed E-state index contributed by atoms with van der Waals surface area (Å²) in [5, 5.41) is 5.14. The van der Waals surface area contributed by atoms with Crippen molar-refractivity contribution in [3.63, 3.8) is 0 Å². The van der Waals surface area contributed by atoms with Gasteiger partial charge in [-0.15, -0.1) is 0 Å². The monoisotopic (exact) mass is 382 g/mol. The summed E-state index contributed by atoms with van der Waals surface area (Å²) >= 11 is 1.60. The number of rotatable bonds is 5. The summed E-state index contributed by atoms with van der Waals surface area (Å²) in [4.78, 5) is 21.2. The van der Waals surface area contributed by atoms with E-state index >= 15 is 0 Å². The molecule has 1 aliphatic carbocycles. The number of nitrogens with one attached hydrogen (secondary N) is 1. The van der Waals surface area contributed by atoms with Crippen molar-refractivity contribution in [2.24, 2.45) is 11.0 Å². The highest BCUT2D eigenvalue weighted by atomic mass is 32.2. The first-order valence-electron chi connectivity index (χ1n) is 9.42. The lowest BCUT2D eigenvalue weighted by Crippen LogP contribution is -2.24. The Kier molecular flexibility index (Phi) is 6.61. The van der Waals surface area contributed by atoms with E-state index in [2.05, 4.69) is 27.4 Å². The molecule has 0 saturated heterocycles. The Morgan fingerprint density at radius 2 is 1.89 bits per heavy atom. The van der Waals surface area contributed by atoms with Gasteiger partial charge in [-0.3, -0.25) is 4.79 Å². The van der Waals surface area contributed by atoms with E-state index in [9.17, 15) is 4.79 Å². The zero-order valence-corrected chi connectivity index (χ0v) is 17.0. The Morgan fingerprint density at radius 1 is 1.19 bits per heavy atom. The van der Waals surface area contributed by atoms with Crippen LogP contribution in [0.3, 0.4) is 0 Å². The lowest BCUT2D eigenvalue weighted by molar-refractivity contribution is 0.0954. The van der Waals surface area contributed by atoms with Crippen molar-refractivity contribution >= 4 is 23.4 Å². The fourth-order valence-corrected chi connectivity index (χ4v) is 4.09. The van der Waals surface area contributed by atoms with Gasteiger partial charge >= 0.3 is 0 Å². The van der Waals surface area contributed by atoms with Crippen LogP contribution in [0.1, 0.15) is 59.9 Å². The van der Waals surface area contributed by atoms with Gasteiger partial charge in [0.05, 0.1) is 0 Å². The summed E-state index contributed by atoms with van der Waals surface area (Å²) in [6, 6.07) is 9.60. The average molecular weight is 383 g/mol. The maximum absolute atomic E-state index is 12.3. The van der Waals surface area contributed by atoms with E-state index in [-0.39, 0.29) is 5.91 Å². The molecule has 0 bridgehead atoms. The number of hydrogen-bond acceptors (Lipinski definition) is 5. The highest BCUT2D eigenvalue weighted by Crippen LogP contribution is 2.21. The molecule has 1 aliphatic rings. The van der Waals surface area contributed by atoms with Crippen molar-refractivity contribution in [1.82, 2.24) is 15.4 Å². The second-order valence-corrected chi connectivity index (χ2v) is 8.05. The van der Waals surface area contributed by atoms with Gasteiger partial charge < -0.3 is 0 Å². The second kappa shape index (κ2) is 9.13. The van der Waals surface area contributed by atoms with E-state index in [1.807, 2.05) is 44.2 Å². The topological polar surface area (TPSA) is 67.2 Å². The van der Waals surface area contributed by atoms with Crippen LogP contribution < -0.4 is 5.43 Å². The molecule has 5 nitrogen and oxygen atoms in total. The number of hydrogen-bond donors (Lipinski definition) is 1. The molecule has 6 heteroatoms. The molecule has 1 fully saturated rings. The fraction of sp³-hybridized carbons (Fsp3) is 0.429.